The standard InChI is InChI=1S/C16H25NO2/c1-13-6-5-8-16(14(13)2)19-11-10-17-9-4-3-7-15(17)12-18/h5-6,8,15,18H,3-4,7,9-12H2,1-2H3/t15-/m1/s1. The van der Waals surface area contributed by atoms with Crippen LogP contribution < -0.4 is 4.74 Å². The van der Waals surface area contributed by atoms with E-state index >= 15 is 0 Å². The summed E-state index contributed by atoms with van der Waals surface area (Å²) in [4.78, 5) is 2.36. The van der Waals surface area contributed by atoms with Gasteiger partial charge in [0.25, 0.3) is 0 Å². The summed E-state index contributed by atoms with van der Waals surface area (Å²) in [7, 11) is 0. The first-order chi connectivity index (χ1) is 9.22. The SMILES string of the molecule is Cc1cccc(OCCN2CCCC[C@@H]2CO)c1C. The molecule has 1 aliphatic rings. The predicted octanol–water partition coefficient (Wildman–Crippen LogP) is 2.53. The minimum absolute atomic E-state index is 0.267. The van der Waals surface area contributed by atoms with Crippen LogP contribution in [-0.2, 0) is 0 Å². The Morgan fingerprint density at radius 2 is 2.16 bits per heavy atom. The third-order valence-electron chi connectivity index (χ3n) is 4.15. The summed E-state index contributed by atoms with van der Waals surface area (Å²) in [5, 5.41) is 9.38. The van der Waals surface area contributed by atoms with Crippen LogP contribution in [0.3, 0.4) is 0 Å². The second-order valence-corrected chi connectivity index (χ2v) is 5.41. The summed E-state index contributed by atoms with van der Waals surface area (Å²) in [6.07, 6.45) is 3.58. The minimum atomic E-state index is 0.267. The lowest BCUT2D eigenvalue weighted by molar-refractivity contribution is 0.0772. The first kappa shape index (κ1) is 14.4. The summed E-state index contributed by atoms with van der Waals surface area (Å²) >= 11 is 0. The van der Waals surface area contributed by atoms with E-state index in [2.05, 4.69) is 24.8 Å². The molecule has 0 amide bonds. The molecule has 1 saturated heterocycles. The third-order valence-corrected chi connectivity index (χ3v) is 4.15. The number of hydrogen-bond acceptors (Lipinski definition) is 3. The molecule has 1 N–H and O–H groups in total. The van der Waals surface area contributed by atoms with Gasteiger partial charge in [-0.05, 0) is 50.4 Å². The molecule has 2 rings (SSSR count). The van der Waals surface area contributed by atoms with Crippen LogP contribution in [0.25, 0.3) is 0 Å². The molecular formula is C16H25NO2. The Hall–Kier alpha value is -1.06. The summed E-state index contributed by atoms with van der Waals surface area (Å²) in [5.41, 5.74) is 2.49. The largest absolute Gasteiger partial charge is 0.492 e. The maximum Gasteiger partial charge on any atom is 0.122 e. The van der Waals surface area contributed by atoms with Gasteiger partial charge < -0.3 is 9.84 Å². The van der Waals surface area contributed by atoms with Crippen LogP contribution in [0.2, 0.25) is 0 Å². The zero-order valence-electron chi connectivity index (χ0n) is 12.1. The molecule has 0 spiro atoms. The highest BCUT2D eigenvalue weighted by atomic mass is 16.5. The first-order valence-corrected chi connectivity index (χ1v) is 7.26. The van der Waals surface area contributed by atoms with Crippen molar-refractivity contribution in [1.29, 1.82) is 0 Å². The van der Waals surface area contributed by atoms with E-state index in [9.17, 15) is 5.11 Å². The minimum Gasteiger partial charge on any atom is -0.492 e. The van der Waals surface area contributed by atoms with Crippen molar-refractivity contribution in [2.75, 3.05) is 26.3 Å². The third kappa shape index (κ3) is 3.71. The number of ether oxygens (including phenoxy) is 1. The number of likely N-dealkylation sites (tertiary alicyclic amines) is 1. The van der Waals surface area contributed by atoms with Crippen molar-refractivity contribution in [3.8, 4) is 5.75 Å². The van der Waals surface area contributed by atoms with Crippen LogP contribution in [0.5, 0.6) is 5.75 Å². The molecule has 0 saturated carbocycles. The Balaban J connectivity index is 1.84. The number of rotatable bonds is 5. The molecule has 0 aliphatic carbocycles. The molecule has 0 radical (unpaired) electrons. The summed E-state index contributed by atoms with van der Waals surface area (Å²) in [5.74, 6) is 0.984. The van der Waals surface area contributed by atoms with Crippen molar-refractivity contribution >= 4 is 0 Å². The van der Waals surface area contributed by atoms with Crippen molar-refractivity contribution in [3.05, 3.63) is 29.3 Å². The highest BCUT2D eigenvalue weighted by Crippen LogP contribution is 2.21. The quantitative estimate of drug-likeness (QED) is 0.886. The molecule has 1 atom stereocenters. The van der Waals surface area contributed by atoms with Crippen LogP contribution in [-0.4, -0.2) is 42.4 Å². The monoisotopic (exact) mass is 263 g/mol. The number of aryl methyl sites for hydroxylation is 1. The van der Waals surface area contributed by atoms with E-state index in [4.69, 9.17) is 4.74 Å². The molecule has 106 valence electrons. The average molecular weight is 263 g/mol. The van der Waals surface area contributed by atoms with Gasteiger partial charge in [-0.15, -0.1) is 0 Å². The van der Waals surface area contributed by atoms with E-state index < -0.39 is 0 Å². The second-order valence-electron chi connectivity index (χ2n) is 5.41. The lowest BCUT2D eigenvalue weighted by Crippen LogP contribution is -2.43. The fourth-order valence-corrected chi connectivity index (χ4v) is 2.71. The summed E-state index contributed by atoms with van der Waals surface area (Å²) < 4.78 is 5.89. The maximum absolute atomic E-state index is 9.38. The fourth-order valence-electron chi connectivity index (χ4n) is 2.71. The van der Waals surface area contributed by atoms with Gasteiger partial charge in [0, 0.05) is 12.6 Å². The lowest BCUT2D eigenvalue weighted by atomic mass is 10.0. The van der Waals surface area contributed by atoms with Gasteiger partial charge in [0.1, 0.15) is 12.4 Å². The van der Waals surface area contributed by atoms with Gasteiger partial charge in [0.05, 0.1) is 6.61 Å². The zero-order chi connectivity index (χ0) is 13.7. The lowest BCUT2D eigenvalue weighted by Gasteiger charge is -2.34. The molecule has 1 aliphatic heterocycles. The summed E-state index contributed by atoms with van der Waals surface area (Å²) in [6.45, 7) is 7.15. The molecule has 0 bridgehead atoms. The molecule has 1 aromatic rings. The van der Waals surface area contributed by atoms with Crippen LogP contribution in [0, 0.1) is 13.8 Å². The Bertz CT molecular complexity index is 406. The van der Waals surface area contributed by atoms with Crippen molar-refractivity contribution in [1.82, 2.24) is 4.90 Å². The van der Waals surface area contributed by atoms with Crippen molar-refractivity contribution in [3.63, 3.8) is 0 Å². The average Bonchev–Trinajstić information content (AvgIpc) is 2.44. The van der Waals surface area contributed by atoms with E-state index in [1.807, 2.05) is 12.1 Å². The van der Waals surface area contributed by atoms with Gasteiger partial charge in [0.15, 0.2) is 0 Å². The van der Waals surface area contributed by atoms with Gasteiger partial charge in [-0.25, -0.2) is 0 Å². The fraction of sp³-hybridized carbons (Fsp3) is 0.625. The van der Waals surface area contributed by atoms with Gasteiger partial charge in [-0.1, -0.05) is 18.6 Å². The van der Waals surface area contributed by atoms with Crippen LogP contribution in [0.4, 0.5) is 0 Å². The molecule has 1 fully saturated rings. The van der Waals surface area contributed by atoms with E-state index in [1.165, 1.54) is 24.0 Å². The van der Waals surface area contributed by atoms with Crippen LogP contribution in [0.15, 0.2) is 18.2 Å². The smallest absolute Gasteiger partial charge is 0.122 e. The highest BCUT2D eigenvalue weighted by Gasteiger charge is 2.21. The number of aliphatic hydroxyl groups is 1. The molecule has 1 aromatic carbocycles. The number of piperidine rings is 1. The second kappa shape index (κ2) is 6.92. The summed E-state index contributed by atoms with van der Waals surface area (Å²) in [6, 6.07) is 6.50. The van der Waals surface area contributed by atoms with Crippen molar-refractivity contribution in [2.45, 2.75) is 39.2 Å². The molecule has 0 unspecified atom stereocenters. The number of hydrogen-bond donors (Lipinski definition) is 1. The molecule has 1 heterocycles. The number of benzene rings is 1. The maximum atomic E-state index is 9.38. The van der Waals surface area contributed by atoms with Crippen molar-refractivity contribution < 1.29 is 9.84 Å². The topological polar surface area (TPSA) is 32.7 Å². The van der Waals surface area contributed by atoms with Gasteiger partial charge in [0.2, 0.25) is 0 Å². The molecule has 0 aromatic heterocycles. The normalized spacial score (nSPS) is 20.5. The van der Waals surface area contributed by atoms with Crippen LogP contribution >= 0.6 is 0 Å². The predicted molar refractivity (Wildman–Crippen MR) is 77.7 cm³/mol. The van der Waals surface area contributed by atoms with Gasteiger partial charge in [-0.2, -0.15) is 0 Å². The van der Waals surface area contributed by atoms with Gasteiger partial charge >= 0.3 is 0 Å². The molecule has 3 heteroatoms. The Morgan fingerprint density at radius 1 is 1.32 bits per heavy atom. The van der Waals surface area contributed by atoms with E-state index in [-0.39, 0.29) is 6.61 Å². The van der Waals surface area contributed by atoms with Gasteiger partial charge in [-0.3, -0.25) is 4.90 Å². The molecule has 3 nitrogen and oxygen atoms in total. The van der Waals surface area contributed by atoms with Crippen LogP contribution in [0.1, 0.15) is 30.4 Å². The Kier molecular flexibility index (Phi) is 5.23. The zero-order valence-corrected chi connectivity index (χ0v) is 12.1. The first-order valence-electron chi connectivity index (χ1n) is 7.26. The number of aliphatic hydroxyl groups excluding tert-OH is 1. The van der Waals surface area contributed by atoms with E-state index in [1.54, 1.807) is 0 Å². The molecule has 19 heavy (non-hydrogen) atoms. The number of nitrogens with zero attached hydrogens (tertiary/aromatic N) is 1. The Labute approximate surface area is 116 Å². The Morgan fingerprint density at radius 3 is 2.95 bits per heavy atom. The van der Waals surface area contributed by atoms with Crippen molar-refractivity contribution in [2.24, 2.45) is 0 Å². The molecular weight excluding hydrogens is 238 g/mol. The van der Waals surface area contributed by atoms with E-state index in [0.717, 1.165) is 25.3 Å². The van der Waals surface area contributed by atoms with E-state index in [0.29, 0.717) is 12.6 Å². The highest BCUT2D eigenvalue weighted by molar-refractivity contribution is 5.38.